The topological polar surface area (TPSA) is 93.4 Å². The van der Waals surface area contributed by atoms with Gasteiger partial charge in [-0.3, -0.25) is 4.79 Å². The first kappa shape index (κ1) is 19.7. The Labute approximate surface area is 158 Å². The number of aromatic carboxylic acids is 1. The van der Waals surface area contributed by atoms with Crippen molar-refractivity contribution in [1.82, 2.24) is 0 Å². The highest BCUT2D eigenvalue weighted by atomic mass is 16.4. The predicted octanol–water partition coefficient (Wildman–Crippen LogP) is 3.78. The Morgan fingerprint density at radius 2 is 1.81 bits per heavy atom. The molecule has 0 spiro atoms. The van der Waals surface area contributed by atoms with Gasteiger partial charge < -0.3 is 15.3 Å². The molecule has 1 amide bonds. The lowest BCUT2D eigenvalue weighted by Gasteiger charge is -2.20. The molecule has 6 nitrogen and oxygen atoms in total. The average Bonchev–Trinajstić information content (AvgIpc) is 2.68. The molecule has 2 rings (SSSR count). The average molecular weight is 363 g/mol. The number of benzene rings is 2. The maximum Gasteiger partial charge on any atom is 0.335 e. The van der Waals surface area contributed by atoms with Gasteiger partial charge in [0.15, 0.2) is 0 Å². The van der Waals surface area contributed by atoms with E-state index < -0.39 is 11.9 Å². The van der Waals surface area contributed by atoms with E-state index in [1.54, 1.807) is 6.07 Å². The number of anilines is 2. The minimum absolute atomic E-state index is 0.0577. The second-order valence-corrected chi connectivity index (χ2v) is 5.77. The van der Waals surface area contributed by atoms with Gasteiger partial charge in [-0.25, -0.2) is 4.79 Å². The Morgan fingerprint density at radius 1 is 1.15 bits per heavy atom. The summed E-state index contributed by atoms with van der Waals surface area (Å²) in [6.07, 6.45) is 1.50. The third kappa shape index (κ3) is 5.19. The summed E-state index contributed by atoms with van der Waals surface area (Å²) in [5.41, 5.74) is 2.12. The highest BCUT2D eigenvalue weighted by molar-refractivity contribution is 6.10. The van der Waals surface area contributed by atoms with Crippen molar-refractivity contribution >= 4 is 29.3 Å². The second kappa shape index (κ2) is 9.20. The van der Waals surface area contributed by atoms with Gasteiger partial charge in [0.05, 0.1) is 5.56 Å². The number of nitriles is 1. The molecule has 0 radical (unpaired) electrons. The van der Waals surface area contributed by atoms with Crippen molar-refractivity contribution in [2.24, 2.45) is 0 Å². The van der Waals surface area contributed by atoms with Crippen LogP contribution in [0.25, 0.3) is 6.08 Å². The standard InChI is InChI=1S/C21H21N3O3/c1-3-24(4-2)19-10-8-15(9-11-19)12-17(14-22)20(25)23-18-7-5-6-16(13-18)21(26)27/h5-13H,3-4H2,1-2H3,(H,23,25)(H,26,27)/b17-12-. The molecular formula is C21H21N3O3. The molecule has 2 N–H and O–H groups in total. The summed E-state index contributed by atoms with van der Waals surface area (Å²) in [5.74, 6) is -1.68. The number of carbonyl (C=O) groups excluding carboxylic acids is 1. The second-order valence-electron chi connectivity index (χ2n) is 5.77. The van der Waals surface area contributed by atoms with Crippen LogP contribution in [0.4, 0.5) is 11.4 Å². The van der Waals surface area contributed by atoms with Gasteiger partial charge in [-0.1, -0.05) is 18.2 Å². The summed E-state index contributed by atoms with van der Waals surface area (Å²) in [6.45, 7) is 5.95. The molecule has 0 aliphatic heterocycles. The van der Waals surface area contributed by atoms with Gasteiger partial charge in [0.1, 0.15) is 11.6 Å². The van der Waals surface area contributed by atoms with Crippen LogP contribution in [-0.2, 0) is 4.79 Å². The molecule has 138 valence electrons. The summed E-state index contributed by atoms with van der Waals surface area (Å²) < 4.78 is 0. The van der Waals surface area contributed by atoms with Crippen LogP contribution in [0, 0.1) is 11.3 Å². The fourth-order valence-corrected chi connectivity index (χ4v) is 2.61. The molecule has 0 bridgehead atoms. The number of nitrogens with one attached hydrogen (secondary N) is 1. The number of hydrogen-bond donors (Lipinski definition) is 2. The minimum Gasteiger partial charge on any atom is -0.478 e. The molecule has 0 aliphatic carbocycles. The molecule has 0 unspecified atom stereocenters. The molecule has 0 aromatic heterocycles. The fraction of sp³-hybridized carbons (Fsp3) is 0.190. The molecular weight excluding hydrogens is 342 g/mol. The molecule has 27 heavy (non-hydrogen) atoms. The molecule has 6 heteroatoms. The third-order valence-electron chi connectivity index (χ3n) is 4.07. The van der Waals surface area contributed by atoms with Crippen molar-refractivity contribution in [2.45, 2.75) is 13.8 Å². The summed E-state index contributed by atoms with van der Waals surface area (Å²) in [7, 11) is 0. The Bertz CT molecular complexity index is 892. The van der Waals surface area contributed by atoms with Crippen molar-refractivity contribution < 1.29 is 14.7 Å². The molecule has 0 atom stereocenters. The highest BCUT2D eigenvalue weighted by Crippen LogP contribution is 2.17. The number of hydrogen-bond acceptors (Lipinski definition) is 4. The Morgan fingerprint density at radius 3 is 2.37 bits per heavy atom. The minimum atomic E-state index is -1.09. The van der Waals surface area contributed by atoms with E-state index in [4.69, 9.17) is 5.11 Å². The van der Waals surface area contributed by atoms with Gasteiger partial charge in [-0.2, -0.15) is 5.26 Å². The van der Waals surface area contributed by atoms with Gasteiger partial charge >= 0.3 is 5.97 Å². The van der Waals surface area contributed by atoms with E-state index in [2.05, 4.69) is 24.1 Å². The lowest BCUT2D eigenvalue weighted by Crippen LogP contribution is -2.21. The Kier molecular flexibility index (Phi) is 6.73. The number of amides is 1. The summed E-state index contributed by atoms with van der Waals surface area (Å²) in [5, 5.41) is 20.9. The summed E-state index contributed by atoms with van der Waals surface area (Å²) in [4.78, 5) is 25.5. The molecule has 2 aromatic rings. The van der Waals surface area contributed by atoms with Gasteiger partial charge in [0, 0.05) is 24.5 Å². The summed E-state index contributed by atoms with van der Waals surface area (Å²) in [6, 6.07) is 15.3. The van der Waals surface area contributed by atoms with Gasteiger partial charge in [0.2, 0.25) is 0 Å². The first-order valence-electron chi connectivity index (χ1n) is 8.60. The van der Waals surface area contributed by atoms with Crippen molar-refractivity contribution in [3.8, 4) is 6.07 Å². The van der Waals surface area contributed by atoms with Crippen molar-refractivity contribution in [3.05, 3.63) is 65.2 Å². The molecule has 2 aromatic carbocycles. The smallest absolute Gasteiger partial charge is 0.335 e. The Hall–Kier alpha value is -3.59. The third-order valence-corrected chi connectivity index (χ3v) is 4.07. The van der Waals surface area contributed by atoms with Crippen LogP contribution in [0.15, 0.2) is 54.1 Å². The van der Waals surface area contributed by atoms with Crippen LogP contribution in [0.1, 0.15) is 29.8 Å². The fourth-order valence-electron chi connectivity index (χ4n) is 2.61. The van der Waals surface area contributed by atoms with Crippen LogP contribution >= 0.6 is 0 Å². The van der Waals surface area contributed by atoms with E-state index in [1.165, 1.54) is 24.3 Å². The van der Waals surface area contributed by atoms with Crippen LogP contribution in [0.5, 0.6) is 0 Å². The number of rotatable bonds is 7. The van der Waals surface area contributed by atoms with Crippen molar-refractivity contribution in [1.29, 1.82) is 5.26 Å². The first-order valence-corrected chi connectivity index (χ1v) is 8.60. The number of carboxylic acid groups (broad SMARTS) is 1. The van der Waals surface area contributed by atoms with Gasteiger partial charge in [-0.05, 0) is 55.8 Å². The van der Waals surface area contributed by atoms with E-state index in [1.807, 2.05) is 30.3 Å². The maximum atomic E-state index is 12.3. The van der Waals surface area contributed by atoms with E-state index in [-0.39, 0.29) is 11.1 Å². The van der Waals surface area contributed by atoms with Crippen molar-refractivity contribution in [3.63, 3.8) is 0 Å². The molecule has 0 aliphatic rings. The summed E-state index contributed by atoms with van der Waals surface area (Å²) >= 11 is 0. The lowest BCUT2D eigenvalue weighted by molar-refractivity contribution is -0.112. The van der Waals surface area contributed by atoms with Gasteiger partial charge in [-0.15, -0.1) is 0 Å². The van der Waals surface area contributed by atoms with E-state index in [9.17, 15) is 14.9 Å². The van der Waals surface area contributed by atoms with E-state index in [0.29, 0.717) is 5.69 Å². The predicted molar refractivity (Wildman–Crippen MR) is 106 cm³/mol. The SMILES string of the molecule is CCN(CC)c1ccc(/C=C(/C#N)C(=O)Nc2cccc(C(=O)O)c2)cc1. The molecule has 0 fully saturated rings. The maximum absolute atomic E-state index is 12.3. The first-order chi connectivity index (χ1) is 13.0. The Balaban J connectivity index is 2.18. The number of carbonyl (C=O) groups is 2. The zero-order valence-electron chi connectivity index (χ0n) is 15.3. The lowest BCUT2D eigenvalue weighted by atomic mass is 10.1. The van der Waals surface area contributed by atoms with Crippen LogP contribution in [0.2, 0.25) is 0 Å². The molecule has 0 heterocycles. The highest BCUT2D eigenvalue weighted by Gasteiger charge is 2.11. The van der Waals surface area contributed by atoms with Crippen molar-refractivity contribution in [2.75, 3.05) is 23.3 Å². The normalized spacial score (nSPS) is 10.8. The van der Waals surface area contributed by atoms with Gasteiger partial charge in [0.25, 0.3) is 5.91 Å². The molecule has 0 saturated heterocycles. The number of nitrogens with zero attached hydrogens (tertiary/aromatic N) is 2. The zero-order valence-corrected chi connectivity index (χ0v) is 15.3. The number of carboxylic acids is 1. The van der Waals surface area contributed by atoms with Crippen LogP contribution < -0.4 is 10.2 Å². The van der Waals surface area contributed by atoms with E-state index >= 15 is 0 Å². The van der Waals surface area contributed by atoms with Crippen LogP contribution in [0.3, 0.4) is 0 Å². The van der Waals surface area contributed by atoms with Crippen LogP contribution in [-0.4, -0.2) is 30.1 Å². The monoisotopic (exact) mass is 363 g/mol. The molecule has 0 saturated carbocycles. The quantitative estimate of drug-likeness (QED) is 0.577. The zero-order chi connectivity index (χ0) is 19.8. The van der Waals surface area contributed by atoms with E-state index in [0.717, 1.165) is 24.3 Å². The largest absolute Gasteiger partial charge is 0.478 e.